The Kier molecular flexibility index (Phi) is 4.89. The van der Waals surface area contributed by atoms with Gasteiger partial charge in [-0.05, 0) is 18.6 Å². The summed E-state index contributed by atoms with van der Waals surface area (Å²) >= 11 is 0. The molecular formula is C10H13N3O4. The summed E-state index contributed by atoms with van der Waals surface area (Å²) in [7, 11) is 0. The molecule has 0 spiro atoms. The van der Waals surface area contributed by atoms with E-state index in [1.54, 1.807) is 0 Å². The maximum atomic E-state index is 10.8. The molecule has 0 aliphatic rings. The summed E-state index contributed by atoms with van der Waals surface area (Å²) in [6, 6.07) is 5.76. The molecule has 0 aliphatic heterocycles. The smallest absolute Gasteiger partial charge is 0.269 e. The van der Waals surface area contributed by atoms with E-state index in [1.807, 2.05) is 5.43 Å². The Morgan fingerprint density at radius 1 is 1.41 bits per heavy atom. The average molecular weight is 239 g/mol. The number of hydrogen-bond donors (Lipinski definition) is 2. The van der Waals surface area contributed by atoms with E-state index < -0.39 is 4.92 Å². The molecule has 0 aromatic heterocycles. The fourth-order valence-corrected chi connectivity index (χ4v) is 1.16. The number of amides is 1. The first-order chi connectivity index (χ1) is 8.13. The van der Waals surface area contributed by atoms with Crippen LogP contribution in [0, 0.1) is 10.1 Å². The van der Waals surface area contributed by atoms with Crippen LogP contribution in [-0.4, -0.2) is 17.4 Å². The van der Waals surface area contributed by atoms with Crippen molar-refractivity contribution in [2.75, 3.05) is 6.61 Å². The SMILES string of the molecule is NNC(=O)CCCOc1ccc([N+](=O)[O-])cc1. The molecule has 0 unspecified atom stereocenters. The normalized spacial score (nSPS) is 9.71. The van der Waals surface area contributed by atoms with Gasteiger partial charge in [-0.15, -0.1) is 0 Å². The molecule has 1 amide bonds. The third-order valence-corrected chi connectivity index (χ3v) is 2.03. The van der Waals surface area contributed by atoms with Gasteiger partial charge < -0.3 is 4.74 Å². The lowest BCUT2D eigenvalue weighted by molar-refractivity contribution is -0.384. The highest BCUT2D eigenvalue weighted by atomic mass is 16.6. The first-order valence-electron chi connectivity index (χ1n) is 5.00. The first kappa shape index (κ1) is 12.9. The summed E-state index contributed by atoms with van der Waals surface area (Å²) in [6.45, 7) is 0.352. The number of nitrogens with zero attached hydrogens (tertiary/aromatic N) is 1. The van der Waals surface area contributed by atoms with E-state index in [4.69, 9.17) is 10.6 Å². The van der Waals surface area contributed by atoms with Gasteiger partial charge in [0.05, 0.1) is 11.5 Å². The Morgan fingerprint density at radius 2 is 2.06 bits per heavy atom. The number of nitro groups is 1. The number of non-ortho nitro benzene ring substituents is 1. The zero-order chi connectivity index (χ0) is 12.7. The van der Waals surface area contributed by atoms with E-state index in [1.165, 1.54) is 24.3 Å². The number of nitrogens with one attached hydrogen (secondary N) is 1. The van der Waals surface area contributed by atoms with E-state index in [0.717, 1.165) is 0 Å². The van der Waals surface area contributed by atoms with E-state index in [-0.39, 0.29) is 18.0 Å². The van der Waals surface area contributed by atoms with Gasteiger partial charge in [0.15, 0.2) is 0 Å². The molecule has 0 saturated heterocycles. The van der Waals surface area contributed by atoms with Crippen molar-refractivity contribution in [3.63, 3.8) is 0 Å². The maximum Gasteiger partial charge on any atom is 0.269 e. The molecule has 1 rings (SSSR count). The summed E-state index contributed by atoms with van der Waals surface area (Å²) in [5, 5.41) is 10.4. The van der Waals surface area contributed by atoms with Crippen molar-refractivity contribution in [2.45, 2.75) is 12.8 Å². The van der Waals surface area contributed by atoms with Crippen LogP contribution in [-0.2, 0) is 4.79 Å². The number of benzene rings is 1. The second-order valence-electron chi connectivity index (χ2n) is 3.27. The lowest BCUT2D eigenvalue weighted by Gasteiger charge is -2.05. The zero-order valence-electron chi connectivity index (χ0n) is 9.09. The molecule has 0 radical (unpaired) electrons. The molecule has 0 bridgehead atoms. The largest absolute Gasteiger partial charge is 0.494 e. The molecule has 0 heterocycles. The first-order valence-corrected chi connectivity index (χ1v) is 5.00. The van der Waals surface area contributed by atoms with Crippen molar-refractivity contribution in [3.8, 4) is 5.75 Å². The lowest BCUT2D eigenvalue weighted by atomic mass is 10.3. The zero-order valence-corrected chi connectivity index (χ0v) is 9.09. The van der Waals surface area contributed by atoms with E-state index >= 15 is 0 Å². The molecule has 0 saturated carbocycles. The topological polar surface area (TPSA) is 107 Å². The number of hydrogen-bond acceptors (Lipinski definition) is 5. The van der Waals surface area contributed by atoms with Crippen LogP contribution in [0.2, 0.25) is 0 Å². The Hall–Kier alpha value is -2.15. The summed E-state index contributed by atoms with van der Waals surface area (Å²) in [5.74, 6) is 5.18. The number of rotatable bonds is 6. The predicted octanol–water partition coefficient (Wildman–Crippen LogP) is 0.744. The third kappa shape index (κ3) is 4.47. The van der Waals surface area contributed by atoms with Crippen LogP contribution in [0.3, 0.4) is 0 Å². The van der Waals surface area contributed by atoms with Crippen molar-refractivity contribution < 1.29 is 14.5 Å². The van der Waals surface area contributed by atoms with Crippen LogP contribution in [0.15, 0.2) is 24.3 Å². The van der Waals surface area contributed by atoms with Gasteiger partial charge in [-0.2, -0.15) is 0 Å². The molecule has 0 fully saturated rings. The Morgan fingerprint density at radius 3 is 2.59 bits per heavy atom. The second-order valence-corrected chi connectivity index (χ2v) is 3.27. The van der Waals surface area contributed by atoms with Gasteiger partial charge in [0.25, 0.3) is 5.69 Å². The molecule has 1 aromatic rings. The fraction of sp³-hybridized carbons (Fsp3) is 0.300. The molecule has 17 heavy (non-hydrogen) atoms. The minimum Gasteiger partial charge on any atom is -0.494 e. The minimum atomic E-state index is -0.477. The van der Waals surface area contributed by atoms with Crippen molar-refractivity contribution in [3.05, 3.63) is 34.4 Å². The summed E-state index contributed by atoms with van der Waals surface area (Å²) in [6.07, 6.45) is 0.809. The highest BCUT2D eigenvalue weighted by Crippen LogP contribution is 2.17. The van der Waals surface area contributed by atoms with Gasteiger partial charge >= 0.3 is 0 Å². The van der Waals surface area contributed by atoms with Crippen LogP contribution in [0.25, 0.3) is 0 Å². The molecule has 92 valence electrons. The van der Waals surface area contributed by atoms with Crippen molar-refractivity contribution >= 4 is 11.6 Å². The van der Waals surface area contributed by atoms with Crippen LogP contribution >= 0.6 is 0 Å². The van der Waals surface area contributed by atoms with E-state index in [0.29, 0.717) is 18.8 Å². The molecule has 3 N–H and O–H groups in total. The highest BCUT2D eigenvalue weighted by molar-refractivity contribution is 5.75. The van der Waals surface area contributed by atoms with Crippen LogP contribution < -0.4 is 16.0 Å². The monoisotopic (exact) mass is 239 g/mol. The van der Waals surface area contributed by atoms with Crippen LogP contribution in [0.1, 0.15) is 12.8 Å². The highest BCUT2D eigenvalue weighted by Gasteiger charge is 2.04. The predicted molar refractivity (Wildman–Crippen MR) is 60.2 cm³/mol. The van der Waals surface area contributed by atoms with Gasteiger partial charge in [0.2, 0.25) is 5.91 Å². The number of carbonyl (C=O) groups is 1. The van der Waals surface area contributed by atoms with Gasteiger partial charge in [-0.1, -0.05) is 0 Å². The molecule has 0 aliphatic carbocycles. The maximum absolute atomic E-state index is 10.8. The van der Waals surface area contributed by atoms with Gasteiger partial charge in [0.1, 0.15) is 5.75 Å². The number of ether oxygens (including phenoxy) is 1. The number of carbonyl (C=O) groups excluding carboxylic acids is 1. The van der Waals surface area contributed by atoms with Gasteiger partial charge in [-0.25, -0.2) is 5.84 Å². The average Bonchev–Trinajstić information content (AvgIpc) is 2.34. The Balaban J connectivity index is 2.32. The molecule has 7 heteroatoms. The third-order valence-electron chi connectivity index (χ3n) is 2.03. The van der Waals surface area contributed by atoms with E-state index in [9.17, 15) is 14.9 Å². The Bertz CT molecular complexity index is 391. The number of nitrogens with two attached hydrogens (primary N) is 1. The van der Waals surface area contributed by atoms with Crippen LogP contribution in [0.4, 0.5) is 5.69 Å². The molecular weight excluding hydrogens is 226 g/mol. The number of nitro benzene ring substituents is 1. The minimum absolute atomic E-state index is 0.0138. The van der Waals surface area contributed by atoms with Gasteiger partial charge in [-0.3, -0.25) is 20.3 Å². The van der Waals surface area contributed by atoms with Crippen molar-refractivity contribution in [2.24, 2.45) is 5.84 Å². The molecule has 0 atom stereocenters. The summed E-state index contributed by atoms with van der Waals surface area (Å²) < 4.78 is 5.29. The number of hydrazine groups is 1. The Labute approximate surface area is 97.7 Å². The summed E-state index contributed by atoms with van der Waals surface area (Å²) in [4.78, 5) is 20.7. The molecule has 7 nitrogen and oxygen atoms in total. The fourth-order valence-electron chi connectivity index (χ4n) is 1.16. The van der Waals surface area contributed by atoms with E-state index in [2.05, 4.69) is 0 Å². The van der Waals surface area contributed by atoms with Crippen molar-refractivity contribution in [1.82, 2.24) is 5.43 Å². The van der Waals surface area contributed by atoms with Crippen molar-refractivity contribution in [1.29, 1.82) is 0 Å². The second kappa shape index (κ2) is 6.44. The van der Waals surface area contributed by atoms with Crippen LogP contribution in [0.5, 0.6) is 5.75 Å². The van der Waals surface area contributed by atoms with Gasteiger partial charge in [0, 0.05) is 18.6 Å². The lowest BCUT2D eigenvalue weighted by Crippen LogP contribution is -2.29. The quantitative estimate of drug-likeness (QED) is 0.250. The summed E-state index contributed by atoms with van der Waals surface area (Å²) in [5.41, 5.74) is 2.03. The molecule has 1 aromatic carbocycles. The standard InChI is InChI=1S/C10H13N3O4/c11-12-10(14)2-1-7-17-9-5-3-8(4-6-9)13(15)16/h3-6H,1-2,7,11H2,(H,12,14).